The number of carbonyl (C=O) groups is 1. The zero-order chi connectivity index (χ0) is 14.4. The van der Waals surface area contributed by atoms with Crippen LogP contribution in [0.25, 0.3) is 5.69 Å². The van der Waals surface area contributed by atoms with Crippen molar-refractivity contribution in [2.75, 3.05) is 6.61 Å². The van der Waals surface area contributed by atoms with Crippen molar-refractivity contribution in [3.05, 3.63) is 48.3 Å². The van der Waals surface area contributed by atoms with Gasteiger partial charge in [0.2, 0.25) is 0 Å². The fraction of sp³-hybridized carbons (Fsp3) is 0.333. The number of carbonyl (C=O) groups excluding carboxylic acids is 1. The number of benzene rings is 1. The lowest BCUT2D eigenvalue weighted by molar-refractivity contribution is 0.0936. The van der Waals surface area contributed by atoms with Gasteiger partial charge >= 0.3 is 0 Å². The molecule has 0 bridgehead atoms. The van der Waals surface area contributed by atoms with Gasteiger partial charge in [-0.2, -0.15) is 5.10 Å². The Balaban J connectivity index is 2.00. The second-order valence-corrected chi connectivity index (χ2v) is 4.75. The minimum Gasteiger partial charge on any atom is -0.396 e. The number of aliphatic hydroxyl groups excluding tert-OH is 1. The molecule has 1 unspecified atom stereocenters. The van der Waals surface area contributed by atoms with Crippen LogP contribution in [0.15, 0.2) is 42.7 Å². The summed E-state index contributed by atoms with van der Waals surface area (Å²) in [6.07, 6.45) is 4.71. The van der Waals surface area contributed by atoms with Gasteiger partial charge in [0.15, 0.2) is 0 Å². The first-order valence-electron chi connectivity index (χ1n) is 6.72. The number of amides is 1. The Morgan fingerprint density at radius 1 is 1.40 bits per heavy atom. The smallest absolute Gasteiger partial charge is 0.254 e. The van der Waals surface area contributed by atoms with E-state index in [0.717, 1.165) is 12.1 Å². The molecule has 0 saturated heterocycles. The number of nitrogens with zero attached hydrogens (tertiary/aromatic N) is 2. The first kappa shape index (κ1) is 14.3. The summed E-state index contributed by atoms with van der Waals surface area (Å²) < 4.78 is 1.67. The van der Waals surface area contributed by atoms with Crippen LogP contribution in [0.2, 0.25) is 0 Å². The molecule has 0 fully saturated rings. The first-order valence-corrected chi connectivity index (χ1v) is 6.72. The molecule has 1 aromatic carbocycles. The molecule has 20 heavy (non-hydrogen) atoms. The molecule has 1 aromatic heterocycles. The van der Waals surface area contributed by atoms with E-state index in [4.69, 9.17) is 5.11 Å². The Morgan fingerprint density at radius 3 is 2.85 bits per heavy atom. The van der Waals surface area contributed by atoms with Gasteiger partial charge in [0.05, 0.1) is 17.4 Å². The van der Waals surface area contributed by atoms with Gasteiger partial charge in [-0.3, -0.25) is 4.79 Å². The average Bonchev–Trinajstić information content (AvgIpc) is 2.96. The number of para-hydroxylation sites is 1. The van der Waals surface area contributed by atoms with Crippen LogP contribution in [-0.4, -0.2) is 33.4 Å². The fourth-order valence-corrected chi connectivity index (χ4v) is 1.94. The highest BCUT2D eigenvalue weighted by atomic mass is 16.3. The summed E-state index contributed by atoms with van der Waals surface area (Å²) in [4.78, 5) is 12.0. The van der Waals surface area contributed by atoms with E-state index in [1.807, 2.05) is 37.3 Å². The summed E-state index contributed by atoms with van der Waals surface area (Å²) in [5.74, 6) is -0.141. The van der Waals surface area contributed by atoms with Crippen molar-refractivity contribution in [2.24, 2.45) is 0 Å². The lowest BCUT2D eigenvalue weighted by Gasteiger charge is -2.11. The maximum absolute atomic E-state index is 12.0. The van der Waals surface area contributed by atoms with Gasteiger partial charge < -0.3 is 10.4 Å². The maximum Gasteiger partial charge on any atom is 0.254 e. The van der Waals surface area contributed by atoms with Crippen LogP contribution >= 0.6 is 0 Å². The van der Waals surface area contributed by atoms with Crippen molar-refractivity contribution in [2.45, 2.75) is 25.8 Å². The Hall–Kier alpha value is -2.14. The molecule has 2 rings (SSSR count). The largest absolute Gasteiger partial charge is 0.396 e. The summed E-state index contributed by atoms with van der Waals surface area (Å²) in [6, 6.07) is 9.68. The van der Waals surface area contributed by atoms with Crippen LogP contribution in [0.1, 0.15) is 30.1 Å². The van der Waals surface area contributed by atoms with E-state index in [1.54, 1.807) is 17.1 Å². The van der Waals surface area contributed by atoms with E-state index in [-0.39, 0.29) is 18.6 Å². The summed E-state index contributed by atoms with van der Waals surface area (Å²) in [5, 5.41) is 15.9. The standard InChI is InChI=1S/C15H19N3O2/c1-12(6-5-9-19)17-15(20)13-10-16-18(11-13)14-7-3-2-4-8-14/h2-4,7-8,10-12,19H,5-6,9H2,1H3,(H,17,20). The van der Waals surface area contributed by atoms with Crippen molar-refractivity contribution >= 4 is 5.91 Å². The molecule has 1 atom stereocenters. The van der Waals surface area contributed by atoms with Crippen LogP contribution in [0, 0.1) is 0 Å². The molecular weight excluding hydrogens is 254 g/mol. The molecule has 5 nitrogen and oxygen atoms in total. The van der Waals surface area contributed by atoms with Gasteiger partial charge in [0.25, 0.3) is 5.91 Å². The molecule has 0 aliphatic carbocycles. The van der Waals surface area contributed by atoms with Gasteiger partial charge in [-0.15, -0.1) is 0 Å². The summed E-state index contributed by atoms with van der Waals surface area (Å²) in [7, 11) is 0. The Morgan fingerprint density at radius 2 is 2.15 bits per heavy atom. The fourth-order valence-electron chi connectivity index (χ4n) is 1.94. The number of nitrogens with one attached hydrogen (secondary N) is 1. The summed E-state index contributed by atoms with van der Waals surface area (Å²) >= 11 is 0. The minimum absolute atomic E-state index is 0.0368. The molecule has 0 aliphatic heterocycles. The quantitative estimate of drug-likeness (QED) is 0.842. The number of aliphatic hydroxyl groups is 1. The van der Waals surface area contributed by atoms with Crippen molar-refractivity contribution in [1.82, 2.24) is 15.1 Å². The highest BCUT2D eigenvalue weighted by molar-refractivity contribution is 5.93. The zero-order valence-electron chi connectivity index (χ0n) is 11.5. The maximum atomic E-state index is 12.0. The molecule has 2 N–H and O–H groups in total. The van der Waals surface area contributed by atoms with E-state index in [1.165, 1.54) is 0 Å². The molecule has 0 aliphatic rings. The normalized spacial score (nSPS) is 12.1. The molecule has 0 saturated carbocycles. The predicted octanol–water partition coefficient (Wildman–Crippen LogP) is 1.76. The minimum atomic E-state index is -0.141. The highest BCUT2D eigenvalue weighted by Crippen LogP contribution is 2.08. The molecule has 0 radical (unpaired) electrons. The lowest BCUT2D eigenvalue weighted by atomic mass is 10.2. The molecule has 106 valence electrons. The van der Waals surface area contributed by atoms with E-state index < -0.39 is 0 Å². The van der Waals surface area contributed by atoms with Gasteiger partial charge in [0.1, 0.15) is 0 Å². The van der Waals surface area contributed by atoms with Crippen molar-refractivity contribution in [1.29, 1.82) is 0 Å². The third-order valence-corrected chi connectivity index (χ3v) is 3.04. The first-order chi connectivity index (χ1) is 9.70. The van der Waals surface area contributed by atoms with Crippen LogP contribution in [0.3, 0.4) is 0 Å². The number of hydrogen-bond donors (Lipinski definition) is 2. The molecule has 2 aromatic rings. The van der Waals surface area contributed by atoms with Crippen molar-refractivity contribution in [3.63, 3.8) is 0 Å². The van der Waals surface area contributed by atoms with Crippen LogP contribution < -0.4 is 5.32 Å². The van der Waals surface area contributed by atoms with E-state index in [9.17, 15) is 4.79 Å². The number of hydrogen-bond acceptors (Lipinski definition) is 3. The second kappa shape index (κ2) is 6.86. The predicted molar refractivity (Wildman–Crippen MR) is 76.8 cm³/mol. The molecule has 1 heterocycles. The van der Waals surface area contributed by atoms with Crippen LogP contribution in [-0.2, 0) is 0 Å². The molecular formula is C15H19N3O2. The monoisotopic (exact) mass is 273 g/mol. The zero-order valence-corrected chi connectivity index (χ0v) is 11.5. The van der Waals surface area contributed by atoms with Crippen molar-refractivity contribution in [3.8, 4) is 5.69 Å². The number of rotatable bonds is 6. The summed E-state index contributed by atoms with van der Waals surface area (Å²) in [6.45, 7) is 2.07. The van der Waals surface area contributed by atoms with Crippen molar-refractivity contribution < 1.29 is 9.90 Å². The Labute approximate surface area is 118 Å². The molecule has 0 spiro atoms. The topological polar surface area (TPSA) is 67.2 Å². The molecule has 5 heteroatoms. The Kier molecular flexibility index (Phi) is 4.90. The van der Waals surface area contributed by atoms with E-state index >= 15 is 0 Å². The highest BCUT2D eigenvalue weighted by Gasteiger charge is 2.12. The lowest BCUT2D eigenvalue weighted by Crippen LogP contribution is -2.32. The van der Waals surface area contributed by atoms with Gasteiger partial charge in [-0.25, -0.2) is 4.68 Å². The second-order valence-electron chi connectivity index (χ2n) is 4.75. The molecule has 1 amide bonds. The van der Waals surface area contributed by atoms with Crippen LogP contribution in [0.4, 0.5) is 0 Å². The summed E-state index contributed by atoms with van der Waals surface area (Å²) in [5.41, 5.74) is 1.45. The van der Waals surface area contributed by atoms with Gasteiger partial charge in [-0.1, -0.05) is 18.2 Å². The SMILES string of the molecule is CC(CCCO)NC(=O)c1cnn(-c2ccccc2)c1. The third-order valence-electron chi connectivity index (χ3n) is 3.04. The van der Waals surface area contributed by atoms with Crippen LogP contribution in [0.5, 0.6) is 0 Å². The number of aromatic nitrogens is 2. The van der Waals surface area contributed by atoms with E-state index in [2.05, 4.69) is 10.4 Å². The third kappa shape index (κ3) is 3.68. The van der Waals surface area contributed by atoms with Gasteiger partial charge in [-0.05, 0) is 31.9 Å². The Bertz CT molecular complexity index is 551. The van der Waals surface area contributed by atoms with Gasteiger partial charge in [0, 0.05) is 18.8 Å². The van der Waals surface area contributed by atoms with E-state index in [0.29, 0.717) is 12.0 Å². The average molecular weight is 273 g/mol.